The van der Waals surface area contributed by atoms with Gasteiger partial charge in [-0.3, -0.25) is 4.90 Å². The van der Waals surface area contributed by atoms with Gasteiger partial charge < -0.3 is 14.6 Å². The van der Waals surface area contributed by atoms with Crippen LogP contribution in [-0.4, -0.2) is 42.3 Å². The van der Waals surface area contributed by atoms with Crippen LogP contribution in [0.1, 0.15) is 29.1 Å². The van der Waals surface area contributed by atoms with Gasteiger partial charge >= 0.3 is 0 Å². The number of nitrogens with zero attached hydrogens (tertiary/aromatic N) is 2. The van der Waals surface area contributed by atoms with Gasteiger partial charge in [0.15, 0.2) is 0 Å². The third kappa shape index (κ3) is 3.71. The number of aromatic nitrogens is 1. The highest BCUT2D eigenvalue weighted by atomic mass is 32.1. The molecular weight excluding hydrogens is 324 g/mol. The van der Waals surface area contributed by atoms with Gasteiger partial charge in [0.25, 0.3) is 0 Å². The Balaban J connectivity index is 1.70. The number of piperidine rings is 1. The van der Waals surface area contributed by atoms with E-state index in [0.29, 0.717) is 24.3 Å². The number of ether oxygens (including phenoxy) is 2. The van der Waals surface area contributed by atoms with Crippen molar-refractivity contribution in [1.29, 1.82) is 0 Å². The minimum atomic E-state index is -0.837. The molecule has 0 saturated carbocycles. The highest BCUT2D eigenvalue weighted by Crippen LogP contribution is 2.37. The summed E-state index contributed by atoms with van der Waals surface area (Å²) >= 11 is 1.68. The molecule has 5 nitrogen and oxygen atoms in total. The van der Waals surface area contributed by atoms with E-state index in [2.05, 4.69) is 15.3 Å². The van der Waals surface area contributed by atoms with E-state index in [0.717, 1.165) is 35.9 Å². The summed E-state index contributed by atoms with van der Waals surface area (Å²) in [5.41, 5.74) is 1.14. The lowest BCUT2D eigenvalue weighted by atomic mass is 9.84. The largest absolute Gasteiger partial charge is 0.497 e. The summed E-state index contributed by atoms with van der Waals surface area (Å²) in [5.74, 6) is 1.41. The molecule has 0 amide bonds. The molecule has 1 aliphatic rings. The smallest absolute Gasteiger partial charge is 0.122 e. The molecule has 0 bridgehead atoms. The summed E-state index contributed by atoms with van der Waals surface area (Å²) in [7, 11) is 3.25. The SMILES string of the molecule is COc1cc(OC)cc(C2(O)CCN(Cc3csc(C)n3)CC2)c1. The minimum absolute atomic E-state index is 0.687. The third-order valence-electron chi connectivity index (χ3n) is 4.62. The van der Waals surface area contributed by atoms with E-state index < -0.39 is 5.60 Å². The number of benzene rings is 1. The van der Waals surface area contributed by atoms with Gasteiger partial charge in [-0.1, -0.05) is 0 Å². The zero-order chi connectivity index (χ0) is 17.2. The number of thiazole rings is 1. The molecule has 1 N–H and O–H groups in total. The Morgan fingerprint density at radius 2 is 1.79 bits per heavy atom. The summed E-state index contributed by atoms with van der Waals surface area (Å²) in [5, 5.41) is 14.3. The molecule has 0 aliphatic carbocycles. The van der Waals surface area contributed by atoms with Crippen molar-refractivity contribution in [2.24, 2.45) is 0 Å². The van der Waals surface area contributed by atoms with Gasteiger partial charge in [-0.25, -0.2) is 4.98 Å². The average Bonchev–Trinajstić information content (AvgIpc) is 3.01. The van der Waals surface area contributed by atoms with Crippen LogP contribution in [0.3, 0.4) is 0 Å². The molecule has 2 heterocycles. The van der Waals surface area contributed by atoms with Crippen molar-refractivity contribution >= 4 is 11.3 Å². The van der Waals surface area contributed by atoms with E-state index in [4.69, 9.17) is 9.47 Å². The van der Waals surface area contributed by atoms with Gasteiger partial charge in [0.05, 0.1) is 30.5 Å². The molecule has 130 valence electrons. The molecule has 6 heteroatoms. The number of hydrogen-bond donors (Lipinski definition) is 1. The summed E-state index contributed by atoms with van der Waals surface area (Å²) in [6.07, 6.45) is 1.37. The van der Waals surface area contributed by atoms with Crippen LogP contribution >= 0.6 is 11.3 Å². The average molecular weight is 348 g/mol. The van der Waals surface area contributed by atoms with E-state index in [1.807, 2.05) is 25.1 Å². The second kappa shape index (κ2) is 7.09. The lowest BCUT2D eigenvalue weighted by Gasteiger charge is -2.38. The van der Waals surface area contributed by atoms with E-state index in [-0.39, 0.29) is 0 Å². The number of hydrogen-bond acceptors (Lipinski definition) is 6. The fourth-order valence-electron chi connectivity index (χ4n) is 3.16. The first-order valence-corrected chi connectivity index (χ1v) is 9.00. The van der Waals surface area contributed by atoms with Gasteiger partial charge in [0.2, 0.25) is 0 Å². The van der Waals surface area contributed by atoms with E-state index in [1.165, 1.54) is 0 Å². The van der Waals surface area contributed by atoms with Crippen molar-refractivity contribution in [3.05, 3.63) is 39.8 Å². The predicted molar refractivity (Wildman–Crippen MR) is 94.8 cm³/mol. The van der Waals surface area contributed by atoms with Crippen molar-refractivity contribution in [3.8, 4) is 11.5 Å². The second-order valence-electron chi connectivity index (χ2n) is 6.27. The van der Waals surface area contributed by atoms with Crippen LogP contribution < -0.4 is 9.47 Å². The molecule has 1 fully saturated rings. The van der Waals surface area contributed by atoms with Crippen LogP contribution in [0, 0.1) is 6.92 Å². The van der Waals surface area contributed by atoms with Crippen LogP contribution in [0.25, 0.3) is 0 Å². The van der Waals surface area contributed by atoms with Crippen LogP contribution in [-0.2, 0) is 12.1 Å². The quantitative estimate of drug-likeness (QED) is 0.900. The maximum absolute atomic E-state index is 11.1. The fraction of sp³-hybridized carbons (Fsp3) is 0.500. The normalized spacial score (nSPS) is 17.7. The lowest BCUT2D eigenvalue weighted by Crippen LogP contribution is -2.42. The number of methoxy groups -OCH3 is 2. The van der Waals surface area contributed by atoms with Crippen molar-refractivity contribution < 1.29 is 14.6 Å². The zero-order valence-electron chi connectivity index (χ0n) is 14.4. The molecule has 1 saturated heterocycles. The van der Waals surface area contributed by atoms with Gasteiger partial charge in [-0.05, 0) is 37.5 Å². The molecule has 1 aliphatic heterocycles. The summed E-state index contributed by atoms with van der Waals surface area (Å²) in [6.45, 7) is 4.56. The van der Waals surface area contributed by atoms with Crippen LogP contribution in [0.15, 0.2) is 23.6 Å². The molecule has 24 heavy (non-hydrogen) atoms. The second-order valence-corrected chi connectivity index (χ2v) is 7.33. The Morgan fingerprint density at radius 3 is 2.29 bits per heavy atom. The Hall–Kier alpha value is -1.63. The van der Waals surface area contributed by atoms with Crippen LogP contribution in [0.5, 0.6) is 11.5 Å². The van der Waals surface area contributed by atoms with Gasteiger partial charge in [0.1, 0.15) is 11.5 Å². The summed E-state index contributed by atoms with van der Waals surface area (Å²) in [6, 6.07) is 5.64. The molecular formula is C18H24N2O3S. The number of rotatable bonds is 5. The summed E-state index contributed by atoms with van der Waals surface area (Å²) in [4.78, 5) is 6.87. The Kier molecular flexibility index (Phi) is 5.08. The molecule has 0 spiro atoms. The summed E-state index contributed by atoms with van der Waals surface area (Å²) < 4.78 is 10.7. The number of likely N-dealkylation sites (tertiary alicyclic amines) is 1. The molecule has 0 radical (unpaired) electrons. The van der Waals surface area contributed by atoms with Crippen molar-refractivity contribution in [1.82, 2.24) is 9.88 Å². The molecule has 3 rings (SSSR count). The number of aryl methyl sites for hydroxylation is 1. The van der Waals surface area contributed by atoms with Gasteiger partial charge in [0, 0.05) is 31.1 Å². The van der Waals surface area contributed by atoms with Gasteiger partial charge in [-0.2, -0.15) is 0 Å². The van der Waals surface area contributed by atoms with Gasteiger partial charge in [-0.15, -0.1) is 11.3 Å². The highest BCUT2D eigenvalue weighted by Gasteiger charge is 2.34. The first-order chi connectivity index (χ1) is 11.5. The predicted octanol–water partition coefficient (Wildman–Crippen LogP) is 2.95. The third-order valence-corrected chi connectivity index (χ3v) is 5.45. The van der Waals surface area contributed by atoms with E-state index in [1.54, 1.807) is 25.6 Å². The highest BCUT2D eigenvalue weighted by molar-refractivity contribution is 7.09. The molecule has 0 atom stereocenters. The van der Waals surface area contributed by atoms with Crippen LogP contribution in [0.4, 0.5) is 0 Å². The maximum atomic E-state index is 11.1. The Morgan fingerprint density at radius 1 is 1.17 bits per heavy atom. The fourth-order valence-corrected chi connectivity index (χ4v) is 3.76. The van der Waals surface area contributed by atoms with Crippen molar-refractivity contribution in [3.63, 3.8) is 0 Å². The van der Waals surface area contributed by atoms with Crippen molar-refractivity contribution in [2.45, 2.75) is 31.9 Å². The van der Waals surface area contributed by atoms with Crippen molar-refractivity contribution in [2.75, 3.05) is 27.3 Å². The Labute approximate surface area is 146 Å². The first kappa shape index (κ1) is 17.2. The topological polar surface area (TPSA) is 54.8 Å². The van der Waals surface area contributed by atoms with Crippen LogP contribution in [0.2, 0.25) is 0 Å². The molecule has 1 aromatic heterocycles. The van der Waals surface area contributed by atoms with E-state index in [9.17, 15) is 5.11 Å². The molecule has 0 unspecified atom stereocenters. The minimum Gasteiger partial charge on any atom is -0.497 e. The standard InChI is InChI=1S/C18H24N2O3S/c1-13-19-15(12-24-13)11-20-6-4-18(21,5-7-20)14-8-16(22-2)10-17(9-14)23-3/h8-10,12,21H,4-7,11H2,1-3H3. The monoisotopic (exact) mass is 348 g/mol. The Bertz CT molecular complexity index is 671. The zero-order valence-corrected chi connectivity index (χ0v) is 15.2. The molecule has 1 aromatic carbocycles. The first-order valence-electron chi connectivity index (χ1n) is 8.12. The lowest BCUT2D eigenvalue weighted by molar-refractivity contribution is -0.0282. The van der Waals surface area contributed by atoms with E-state index >= 15 is 0 Å². The molecule has 2 aromatic rings. The maximum Gasteiger partial charge on any atom is 0.122 e. The number of aliphatic hydroxyl groups is 1.